The lowest BCUT2D eigenvalue weighted by molar-refractivity contribution is -0.161. The molecule has 0 saturated carbocycles. The molecule has 0 aliphatic heterocycles. The largest absolute Gasteiger partial charge is 0.469 e. The van der Waals surface area contributed by atoms with Crippen molar-refractivity contribution in [1.82, 2.24) is 0 Å². The second kappa shape index (κ2) is 35.8. The summed E-state index contributed by atoms with van der Waals surface area (Å²) in [5.74, 6) is -1.11. The third-order valence-electron chi connectivity index (χ3n) is 7.81. The van der Waals surface area contributed by atoms with E-state index in [-0.39, 0.29) is 19.4 Å². The first-order valence-corrected chi connectivity index (χ1v) is 20.9. The molecule has 0 fully saturated rings. The Balaban J connectivity index is 4.19. The van der Waals surface area contributed by atoms with Gasteiger partial charge >= 0.3 is 19.8 Å². The quantitative estimate of drug-likeness (QED) is 0.0194. The molecular weight excluding hydrogens is 667 g/mol. The Hall–Kier alpha value is -2.55. The Bertz CT molecular complexity index is 1070. The van der Waals surface area contributed by atoms with Gasteiger partial charge in [0.15, 0.2) is 6.10 Å². The van der Waals surface area contributed by atoms with Gasteiger partial charge < -0.3 is 24.4 Å². The number of aliphatic hydroxyl groups excluding tert-OH is 1. The molecule has 0 aromatic rings. The van der Waals surface area contributed by atoms with E-state index in [1.54, 1.807) is 12.2 Å². The number of ether oxygens (including phenoxy) is 2. The zero-order valence-corrected chi connectivity index (χ0v) is 32.5. The first-order chi connectivity index (χ1) is 24.7. The maximum atomic E-state index is 12.4. The van der Waals surface area contributed by atoms with Gasteiger partial charge in [-0.15, -0.1) is 0 Å². The molecule has 0 saturated heterocycles. The van der Waals surface area contributed by atoms with Gasteiger partial charge in [0.05, 0.1) is 12.7 Å². The van der Waals surface area contributed by atoms with Gasteiger partial charge in [0, 0.05) is 12.8 Å². The average Bonchev–Trinajstić information content (AvgIpc) is 3.09. The van der Waals surface area contributed by atoms with Crippen LogP contribution < -0.4 is 0 Å². The zero-order chi connectivity index (χ0) is 37.7. The Morgan fingerprint density at radius 3 is 1.78 bits per heavy atom. The van der Waals surface area contributed by atoms with E-state index >= 15 is 0 Å². The Morgan fingerprint density at radius 1 is 0.627 bits per heavy atom. The van der Waals surface area contributed by atoms with Crippen molar-refractivity contribution in [2.24, 2.45) is 0 Å². The van der Waals surface area contributed by atoms with Crippen LogP contribution in [0.5, 0.6) is 0 Å². The van der Waals surface area contributed by atoms with Gasteiger partial charge in [0.25, 0.3) is 0 Å². The van der Waals surface area contributed by atoms with Crippen LogP contribution in [0.15, 0.2) is 72.9 Å². The van der Waals surface area contributed by atoms with Crippen molar-refractivity contribution in [2.75, 3.05) is 13.2 Å². The molecule has 51 heavy (non-hydrogen) atoms. The van der Waals surface area contributed by atoms with Crippen LogP contribution in [0.2, 0.25) is 0 Å². The minimum Gasteiger partial charge on any atom is -0.462 e. The smallest absolute Gasteiger partial charge is 0.462 e. The van der Waals surface area contributed by atoms with Crippen molar-refractivity contribution in [1.29, 1.82) is 0 Å². The second-order valence-corrected chi connectivity index (χ2v) is 14.0. The van der Waals surface area contributed by atoms with E-state index in [0.29, 0.717) is 19.3 Å². The molecule has 0 aliphatic rings. The zero-order valence-electron chi connectivity index (χ0n) is 31.6. The molecule has 10 heteroatoms. The number of esters is 2. The summed E-state index contributed by atoms with van der Waals surface area (Å²) in [7, 11) is -4.80. The van der Waals surface area contributed by atoms with E-state index in [4.69, 9.17) is 19.3 Å². The van der Waals surface area contributed by atoms with Crippen LogP contribution in [-0.4, -0.2) is 52.3 Å². The van der Waals surface area contributed by atoms with Gasteiger partial charge in [-0.1, -0.05) is 138 Å². The van der Waals surface area contributed by atoms with Crippen molar-refractivity contribution in [3.8, 4) is 0 Å². The first-order valence-electron chi connectivity index (χ1n) is 19.3. The number of unbranched alkanes of at least 4 members (excludes halogenated alkanes) is 11. The Labute approximate surface area is 309 Å². The van der Waals surface area contributed by atoms with Crippen molar-refractivity contribution in [3.05, 3.63) is 72.9 Å². The fourth-order valence-corrected chi connectivity index (χ4v) is 5.28. The fraction of sp³-hybridized carbons (Fsp3) is 0.659. The van der Waals surface area contributed by atoms with Crippen LogP contribution in [-0.2, 0) is 28.2 Å². The maximum absolute atomic E-state index is 12.4. The molecule has 0 aliphatic carbocycles. The molecule has 0 radical (unpaired) electrons. The molecule has 0 spiro atoms. The SMILES string of the molecule is CC/C=C\C/C=C\C/C=C\C/C=C\C=C\C(O)CCCC(=O)OC[C@H](COP(=O)(O)O)OC(=O)CCCCCCC/C=C\CCCCCCCC. The number of phosphoric ester groups is 1. The van der Waals surface area contributed by atoms with Gasteiger partial charge in [0.1, 0.15) is 6.61 Å². The monoisotopic (exact) mass is 736 g/mol. The number of hydrogen-bond donors (Lipinski definition) is 3. The predicted octanol–water partition coefficient (Wildman–Crippen LogP) is 10.5. The summed E-state index contributed by atoms with van der Waals surface area (Å²) < 4.78 is 26.2. The van der Waals surface area contributed by atoms with Crippen LogP contribution in [0, 0.1) is 0 Å². The molecule has 1 unspecified atom stereocenters. The van der Waals surface area contributed by atoms with Crippen molar-refractivity contribution in [2.45, 2.75) is 161 Å². The van der Waals surface area contributed by atoms with Gasteiger partial charge in [0.2, 0.25) is 0 Å². The van der Waals surface area contributed by atoms with Crippen molar-refractivity contribution >= 4 is 19.8 Å². The van der Waals surface area contributed by atoms with Crippen LogP contribution in [0.4, 0.5) is 0 Å². The van der Waals surface area contributed by atoms with E-state index in [1.165, 1.54) is 38.5 Å². The molecule has 0 amide bonds. The summed E-state index contributed by atoms with van der Waals surface area (Å²) in [6.07, 6.45) is 42.3. The van der Waals surface area contributed by atoms with E-state index < -0.39 is 38.6 Å². The third-order valence-corrected chi connectivity index (χ3v) is 8.30. The first kappa shape index (κ1) is 48.5. The highest BCUT2D eigenvalue weighted by atomic mass is 31.2. The third kappa shape index (κ3) is 38.5. The number of allylic oxidation sites excluding steroid dienone is 11. The Kier molecular flexibility index (Phi) is 34.0. The molecule has 2 atom stereocenters. The summed E-state index contributed by atoms with van der Waals surface area (Å²) in [6.45, 7) is 3.37. The summed E-state index contributed by atoms with van der Waals surface area (Å²) in [5, 5.41) is 10.2. The van der Waals surface area contributed by atoms with Gasteiger partial charge in [-0.2, -0.15) is 0 Å². The molecule has 0 bridgehead atoms. The average molecular weight is 737 g/mol. The fourth-order valence-electron chi connectivity index (χ4n) is 4.92. The molecule has 0 aromatic heterocycles. The summed E-state index contributed by atoms with van der Waals surface area (Å²) in [5.41, 5.74) is 0. The number of phosphoric acid groups is 1. The number of rotatable bonds is 34. The summed E-state index contributed by atoms with van der Waals surface area (Å²) >= 11 is 0. The van der Waals surface area contributed by atoms with E-state index in [1.807, 2.05) is 12.2 Å². The van der Waals surface area contributed by atoms with Gasteiger partial charge in [-0.3, -0.25) is 14.1 Å². The van der Waals surface area contributed by atoms with E-state index in [2.05, 4.69) is 67.0 Å². The summed E-state index contributed by atoms with van der Waals surface area (Å²) in [6, 6.07) is 0. The van der Waals surface area contributed by atoms with Crippen molar-refractivity contribution < 1.29 is 43.0 Å². The minimum absolute atomic E-state index is 0.0316. The highest BCUT2D eigenvalue weighted by Gasteiger charge is 2.23. The molecule has 0 aromatic carbocycles. The molecule has 0 rings (SSSR count). The van der Waals surface area contributed by atoms with Gasteiger partial charge in [-0.05, 0) is 70.6 Å². The van der Waals surface area contributed by atoms with Crippen molar-refractivity contribution in [3.63, 3.8) is 0 Å². The van der Waals surface area contributed by atoms with E-state index in [9.17, 15) is 19.3 Å². The lowest BCUT2D eigenvalue weighted by Gasteiger charge is -2.18. The number of aliphatic hydroxyl groups is 1. The van der Waals surface area contributed by atoms with E-state index in [0.717, 1.165) is 64.2 Å². The minimum atomic E-state index is -4.80. The van der Waals surface area contributed by atoms with Crippen LogP contribution in [0.3, 0.4) is 0 Å². The van der Waals surface area contributed by atoms with Crippen LogP contribution in [0.1, 0.15) is 149 Å². The summed E-state index contributed by atoms with van der Waals surface area (Å²) in [4.78, 5) is 42.7. The van der Waals surface area contributed by atoms with Crippen LogP contribution >= 0.6 is 7.82 Å². The molecule has 3 N–H and O–H groups in total. The topological polar surface area (TPSA) is 140 Å². The number of carbonyl (C=O) groups is 2. The normalized spacial score (nSPS) is 13.9. The molecule has 292 valence electrons. The highest BCUT2D eigenvalue weighted by Crippen LogP contribution is 2.36. The lowest BCUT2D eigenvalue weighted by atomic mass is 10.1. The van der Waals surface area contributed by atoms with Crippen LogP contribution in [0.25, 0.3) is 0 Å². The lowest BCUT2D eigenvalue weighted by Crippen LogP contribution is -2.29. The number of carbonyl (C=O) groups excluding carboxylic acids is 2. The molecular formula is C41H69O9P. The number of hydrogen-bond acceptors (Lipinski definition) is 7. The standard InChI is InChI=1S/C41H69O9P/c1-3-5-7-9-11-13-15-17-18-20-22-24-26-28-30-34-41(44)50-39(37-49-51(45,46)47)36-48-40(43)35-31-33-38(42)32-29-27-25-23-21-19-16-14-12-10-8-6-4-2/h6,8,12,14,17-19,21,25,27,29,32,38-39,42H,3-5,7,9-11,13,15-16,20,22-24,26,28,30-31,33-37H2,1-2H3,(H2,45,46,47)/b8-6-,14-12-,18-17-,21-19-,27-25-,32-29+/t38?,39-/m1/s1. The predicted molar refractivity (Wildman–Crippen MR) is 208 cm³/mol. The van der Waals surface area contributed by atoms with Gasteiger partial charge in [-0.25, -0.2) is 4.57 Å². The molecule has 0 heterocycles. The second-order valence-electron chi connectivity index (χ2n) is 12.7. The Morgan fingerprint density at radius 2 is 1.18 bits per heavy atom. The maximum Gasteiger partial charge on any atom is 0.469 e. The highest BCUT2D eigenvalue weighted by molar-refractivity contribution is 7.46. The molecule has 9 nitrogen and oxygen atoms in total.